The monoisotopic (exact) mass is 406 g/mol. The number of thiocarbonyl (C=S) groups is 1. The van der Waals surface area contributed by atoms with Gasteiger partial charge in [-0.2, -0.15) is 0 Å². The van der Waals surface area contributed by atoms with Crippen molar-refractivity contribution in [1.29, 1.82) is 0 Å². The first-order valence-corrected chi connectivity index (χ1v) is 11.0. The Kier molecular flexibility index (Phi) is 4.50. The average Bonchev–Trinajstić information content (AvgIpc) is 2.67. The van der Waals surface area contributed by atoms with Crippen LogP contribution in [0, 0.1) is 24.7 Å². The van der Waals surface area contributed by atoms with Crippen LogP contribution >= 0.6 is 12.2 Å². The summed E-state index contributed by atoms with van der Waals surface area (Å²) in [4.78, 5) is 11.5. The van der Waals surface area contributed by atoms with Crippen molar-refractivity contribution >= 4 is 23.2 Å². The maximum absolute atomic E-state index is 11.5. The third-order valence-electron chi connectivity index (χ3n) is 7.40. The predicted molar refractivity (Wildman–Crippen MR) is 117 cm³/mol. The molecule has 2 aromatic rings. The van der Waals surface area contributed by atoms with Crippen LogP contribution in [0.25, 0.3) is 0 Å². The lowest BCUT2D eigenvalue weighted by Gasteiger charge is -2.57. The second kappa shape index (κ2) is 6.94. The minimum absolute atomic E-state index is 0.128. The van der Waals surface area contributed by atoms with Crippen LogP contribution in [-0.4, -0.2) is 16.1 Å². The van der Waals surface area contributed by atoms with Crippen LogP contribution < -0.4 is 4.74 Å². The summed E-state index contributed by atoms with van der Waals surface area (Å²) >= 11 is 5.58. The third-order valence-corrected chi connectivity index (χ3v) is 7.72. The van der Waals surface area contributed by atoms with Gasteiger partial charge in [0.15, 0.2) is 5.05 Å². The molecule has 4 aliphatic carbocycles. The Hall–Kier alpha value is -2.20. The number of ether oxygens (including phenoxy) is 1. The van der Waals surface area contributed by atoms with Gasteiger partial charge in [0.05, 0.1) is 0 Å². The molecule has 4 bridgehead atoms. The molecule has 0 radical (unpaired) electrons. The quantitative estimate of drug-likeness (QED) is 0.641. The number of aromatic carboxylic acids is 1. The maximum Gasteiger partial charge on any atom is 0.339 e. The second-order valence-electron chi connectivity index (χ2n) is 9.42. The Bertz CT molecular complexity index is 958. The summed E-state index contributed by atoms with van der Waals surface area (Å²) in [6.45, 7) is 2.21. The summed E-state index contributed by atoms with van der Waals surface area (Å²) in [6.07, 6.45) is 8.18. The fourth-order valence-corrected chi connectivity index (χ4v) is 6.87. The molecular weight excluding hydrogens is 380 g/mol. The van der Waals surface area contributed by atoms with Crippen molar-refractivity contribution in [2.24, 2.45) is 17.8 Å². The fourth-order valence-electron chi connectivity index (χ4n) is 6.65. The van der Waals surface area contributed by atoms with Crippen molar-refractivity contribution in [2.45, 2.75) is 50.9 Å². The van der Waals surface area contributed by atoms with Crippen LogP contribution in [0.1, 0.15) is 65.6 Å². The fraction of sp³-hybridized carbons (Fsp3) is 0.440. The zero-order chi connectivity index (χ0) is 20.2. The van der Waals surface area contributed by atoms with Gasteiger partial charge in [0.2, 0.25) is 0 Å². The lowest BCUT2D eigenvalue weighted by atomic mass is 9.47. The number of aryl methyl sites for hydroxylation is 1. The van der Waals surface area contributed by atoms with Crippen LogP contribution in [0.2, 0.25) is 0 Å². The highest BCUT2D eigenvalue weighted by atomic mass is 32.1. The van der Waals surface area contributed by atoms with Gasteiger partial charge in [0, 0.05) is 5.56 Å². The number of hydrogen-bond acceptors (Lipinski definition) is 3. The van der Waals surface area contributed by atoms with E-state index in [1.165, 1.54) is 55.7 Å². The van der Waals surface area contributed by atoms with Gasteiger partial charge < -0.3 is 9.84 Å². The van der Waals surface area contributed by atoms with Gasteiger partial charge in [0.1, 0.15) is 11.3 Å². The molecule has 29 heavy (non-hydrogen) atoms. The van der Waals surface area contributed by atoms with E-state index in [2.05, 4.69) is 19.1 Å². The Morgan fingerprint density at radius 2 is 1.66 bits per heavy atom. The molecular formula is C25H26O3S. The van der Waals surface area contributed by atoms with Crippen molar-refractivity contribution in [3.8, 4) is 5.75 Å². The van der Waals surface area contributed by atoms with E-state index in [1.807, 2.05) is 6.07 Å². The zero-order valence-electron chi connectivity index (χ0n) is 16.7. The van der Waals surface area contributed by atoms with E-state index in [-0.39, 0.29) is 5.56 Å². The van der Waals surface area contributed by atoms with Crippen LogP contribution in [0.5, 0.6) is 5.75 Å². The molecule has 0 unspecified atom stereocenters. The summed E-state index contributed by atoms with van der Waals surface area (Å²) < 4.78 is 5.86. The van der Waals surface area contributed by atoms with Crippen molar-refractivity contribution < 1.29 is 14.6 Å². The number of carbonyl (C=O) groups is 1. The summed E-state index contributed by atoms with van der Waals surface area (Å²) in [5.41, 5.74) is 4.07. The minimum Gasteiger partial charge on any atom is -0.478 e. The van der Waals surface area contributed by atoms with E-state index >= 15 is 0 Å². The summed E-state index contributed by atoms with van der Waals surface area (Å²) in [7, 11) is 0. The molecule has 0 aliphatic heterocycles. The Morgan fingerprint density at radius 1 is 1.03 bits per heavy atom. The first kappa shape index (κ1) is 18.8. The van der Waals surface area contributed by atoms with E-state index in [1.54, 1.807) is 18.2 Å². The highest BCUT2D eigenvalue weighted by molar-refractivity contribution is 7.80. The highest BCUT2D eigenvalue weighted by Gasteiger charge is 2.52. The molecule has 0 heterocycles. The highest BCUT2D eigenvalue weighted by Crippen LogP contribution is 2.61. The second-order valence-corrected chi connectivity index (χ2v) is 9.79. The normalized spacial score (nSPS) is 29.6. The molecule has 0 saturated heterocycles. The topological polar surface area (TPSA) is 46.5 Å². The van der Waals surface area contributed by atoms with Crippen LogP contribution in [0.4, 0.5) is 0 Å². The van der Waals surface area contributed by atoms with Gasteiger partial charge in [0.25, 0.3) is 0 Å². The lowest BCUT2D eigenvalue weighted by Crippen LogP contribution is -2.48. The van der Waals surface area contributed by atoms with Crippen molar-refractivity contribution in [2.75, 3.05) is 0 Å². The first-order chi connectivity index (χ1) is 13.9. The van der Waals surface area contributed by atoms with E-state index in [0.29, 0.717) is 16.2 Å². The average molecular weight is 407 g/mol. The standard InChI is InChI=1S/C25H26O3S/c1-15-6-7-19(24(29)28-22-5-3-2-4-20(22)23(26)27)11-21(15)25-12-16-8-17(13-25)10-18(9-16)14-25/h2-7,11,16-18H,8-10,12-14H2,1H3,(H,26,27). The van der Waals surface area contributed by atoms with E-state index < -0.39 is 5.97 Å². The number of hydrogen-bond donors (Lipinski definition) is 1. The molecule has 6 rings (SSSR count). The molecule has 2 aromatic carbocycles. The molecule has 3 nitrogen and oxygen atoms in total. The number of para-hydroxylation sites is 1. The predicted octanol–water partition coefficient (Wildman–Crippen LogP) is 5.92. The number of rotatable bonds is 4. The Balaban J connectivity index is 1.46. The van der Waals surface area contributed by atoms with Crippen molar-refractivity contribution in [3.05, 3.63) is 64.7 Å². The van der Waals surface area contributed by atoms with E-state index in [0.717, 1.165) is 23.3 Å². The van der Waals surface area contributed by atoms with Gasteiger partial charge >= 0.3 is 5.97 Å². The van der Waals surface area contributed by atoms with Gasteiger partial charge in [-0.05, 0) is 110 Å². The van der Waals surface area contributed by atoms with Gasteiger partial charge in [-0.25, -0.2) is 4.79 Å². The molecule has 150 valence electrons. The van der Waals surface area contributed by atoms with E-state index in [9.17, 15) is 9.90 Å². The van der Waals surface area contributed by atoms with Crippen LogP contribution in [0.15, 0.2) is 42.5 Å². The lowest BCUT2D eigenvalue weighted by molar-refractivity contribution is -0.00547. The molecule has 4 fully saturated rings. The number of benzene rings is 2. The molecule has 0 amide bonds. The summed E-state index contributed by atoms with van der Waals surface area (Å²) in [5, 5.41) is 9.74. The Morgan fingerprint density at radius 3 is 2.28 bits per heavy atom. The summed E-state index contributed by atoms with van der Waals surface area (Å²) in [5.74, 6) is 1.93. The smallest absolute Gasteiger partial charge is 0.339 e. The first-order valence-electron chi connectivity index (χ1n) is 10.6. The largest absolute Gasteiger partial charge is 0.478 e. The Labute approximate surface area is 177 Å². The minimum atomic E-state index is -1.01. The number of carboxylic acids is 1. The van der Waals surface area contributed by atoms with Gasteiger partial charge in [-0.15, -0.1) is 0 Å². The molecule has 4 aliphatic rings. The van der Waals surface area contributed by atoms with Gasteiger partial charge in [-0.1, -0.05) is 24.3 Å². The molecule has 4 heteroatoms. The molecule has 0 spiro atoms. The van der Waals surface area contributed by atoms with Crippen LogP contribution in [-0.2, 0) is 5.41 Å². The van der Waals surface area contributed by atoms with Gasteiger partial charge in [-0.3, -0.25) is 0 Å². The molecule has 0 aromatic heterocycles. The van der Waals surface area contributed by atoms with Crippen LogP contribution in [0.3, 0.4) is 0 Å². The molecule has 1 N–H and O–H groups in total. The zero-order valence-corrected chi connectivity index (χ0v) is 17.5. The third kappa shape index (κ3) is 3.28. The summed E-state index contributed by atoms with van der Waals surface area (Å²) in [6, 6.07) is 13.0. The van der Waals surface area contributed by atoms with Crippen molar-refractivity contribution in [3.63, 3.8) is 0 Å². The number of carboxylic acid groups (broad SMARTS) is 1. The van der Waals surface area contributed by atoms with E-state index in [4.69, 9.17) is 17.0 Å². The molecule has 0 atom stereocenters. The SMILES string of the molecule is Cc1ccc(C(=S)Oc2ccccc2C(=O)O)cc1C12CC3CC(CC(C3)C1)C2. The maximum atomic E-state index is 11.5. The van der Waals surface area contributed by atoms with Crippen molar-refractivity contribution in [1.82, 2.24) is 0 Å². The molecule has 4 saturated carbocycles.